The largest absolute Gasteiger partial charge is 0.301 e. The predicted octanol–water partition coefficient (Wildman–Crippen LogP) is 1.92. The summed E-state index contributed by atoms with van der Waals surface area (Å²) in [5.74, 6) is 0. The molecule has 94 valence electrons. The van der Waals surface area contributed by atoms with E-state index >= 15 is 0 Å². The van der Waals surface area contributed by atoms with Crippen LogP contribution in [0.1, 0.15) is 24.6 Å². The average Bonchev–Trinajstić information content (AvgIpc) is 2.35. The Morgan fingerprint density at radius 1 is 1.12 bits per heavy atom. The molecule has 0 bridgehead atoms. The van der Waals surface area contributed by atoms with Crippen LogP contribution in [-0.2, 0) is 6.54 Å². The van der Waals surface area contributed by atoms with Crippen molar-refractivity contribution in [3.8, 4) is 0 Å². The third-order valence-electron chi connectivity index (χ3n) is 3.38. The Morgan fingerprint density at radius 3 is 2.41 bits per heavy atom. The van der Waals surface area contributed by atoms with Crippen LogP contribution in [0, 0.1) is 6.92 Å². The number of aryl methyl sites for hydroxylation is 1. The molecule has 1 aromatic rings. The standard InChI is InChI=1S/C14H23N3/c1-3-6-16-7-9-17(10-8-16)12-14-5-4-13(2)15-11-14/h4-5,11H,3,6-10,12H2,1-2H3. The molecule has 3 nitrogen and oxygen atoms in total. The van der Waals surface area contributed by atoms with Gasteiger partial charge in [-0.3, -0.25) is 9.88 Å². The SMILES string of the molecule is CCCN1CCN(Cc2ccc(C)nc2)CC1. The maximum absolute atomic E-state index is 4.35. The molecule has 1 fully saturated rings. The lowest BCUT2D eigenvalue weighted by Gasteiger charge is -2.34. The molecule has 2 heterocycles. The molecular weight excluding hydrogens is 210 g/mol. The van der Waals surface area contributed by atoms with Crippen LogP contribution < -0.4 is 0 Å². The second kappa shape index (κ2) is 6.12. The van der Waals surface area contributed by atoms with E-state index < -0.39 is 0 Å². The lowest BCUT2D eigenvalue weighted by molar-refractivity contribution is 0.127. The van der Waals surface area contributed by atoms with Crippen LogP contribution in [0.4, 0.5) is 0 Å². The number of piperazine rings is 1. The number of nitrogens with zero attached hydrogens (tertiary/aromatic N) is 3. The second-order valence-corrected chi connectivity index (χ2v) is 4.93. The molecule has 2 rings (SSSR count). The van der Waals surface area contributed by atoms with E-state index in [1.54, 1.807) is 0 Å². The predicted molar refractivity (Wildman–Crippen MR) is 71.0 cm³/mol. The highest BCUT2D eigenvalue weighted by Crippen LogP contribution is 2.08. The van der Waals surface area contributed by atoms with E-state index in [-0.39, 0.29) is 0 Å². The van der Waals surface area contributed by atoms with Gasteiger partial charge in [-0.25, -0.2) is 0 Å². The number of hydrogen-bond donors (Lipinski definition) is 0. The Bertz CT molecular complexity index is 326. The molecule has 0 atom stereocenters. The minimum atomic E-state index is 1.05. The van der Waals surface area contributed by atoms with Crippen molar-refractivity contribution in [2.45, 2.75) is 26.8 Å². The van der Waals surface area contributed by atoms with Crippen molar-refractivity contribution in [1.29, 1.82) is 0 Å². The highest BCUT2D eigenvalue weighted by Gasteiger charge is 2.15. The molecule has 3 heteroatoms. The fourth-order valence-electron chi connectivity index (χ4n) is 2.34. The number of aromatic nitrogens is 1. The lowest BCUT2D eigenvalue weighted by Crippen LogP contribution is -2.45. The first-order valence-corrected chi connectivity index (χ1v) is 6.64. The Morgan fingerprint density at radius 2 is 1.82 bits per heavy atom. The topological polar surface area (TPSA) is 19.4 Å². The molecule has 1 aliphatic heterocycles. The van der Waals surface area contributed by atoms with Crippen LogP contribution in [0.3, 0.4) is 0 Å². The summed E-state index contributed by atoms with van der Waals surface area (Å²) >= 11 is 0. The third-order valence-corrected chi connectivity index (χ3v) is 3.38. The first kappa shape index (κ1) is 12.5. The molecule has 0 radical (unpaired) electrons. The minimum absolute atomic E-state index is 1.05. The Balaban J connectivity index is 1.79. The molecule has 0 N–H and O–H groups in total. The van der Waals surface area contributed by atoms with Crippen molar-refractivity contribution in [1.82, 2.24) is 14.8 Å². The van der Waals surface area contributed by atoms with E-state index in [2.05, 4.69) is 33.8 Å². The Kier molecular flexibility index (Phi) is 4.51. The smallest absolute Gasteiger partial charge is 0.0372 e. The van der Waals surface area contributed by atoms with Gasteiger partial charge in [-0.2, -0.15) is 0 Å². The van der Waals surface area contributed by atoms with Crippen molar-refractivity contribution in [2.24, 2.45) is 0 Å². The summed E-state index contributed by atoms with van der Waals surface area (Å²) < 4.78 is 0. The van der Waals surface area contributed by atoms with E-state index in [9.17, 15) is 0 Å². The van der Waals surface area contributed by atoms with Gasteiger partial charge in [-0.05, 0) is 31.5 Å². The molecule has 0 unspecified atom stereocenters. The van der Waals surface area contributed by atoms with Crippen LogP contribution >= 0.6 is 0 Å². The van der Waals surface area contributed by atoms with Crippen LogP contribution in [-0.4, -0.2) is 47.5 Å². The highest BCUT2D eigenvalue weighted by molar-refractivity contribution is 5.13. The summed E-state index contributed by atoms with van der Waals surface area (Å²) in [7, 11) is 0. The average molecular weight is 233 g/mol. The quantitative estimate of drug-likeness (QED) is 0.792. The summed E-state index contributed by atoms with van der Waals surface area (Å²) in [5, 5.41) is 0. The zero-order valence-corrected chi connectivity index (χ0v) is 11.0. The molecule has 17 heavy (non-hydrogen) atoms. The van der Waals surface area contributed by atoms with Gasteiger partial charge in [0.25, 0.3) is 0 Å². The third kappa shape index (κ3) is 3.79. The zero-order chi connectivity index (χ0) is 12.1. The van der Waals surface area contributed by atoms with Gasteiger partial charge in [0, 0.05) is 44.6 Å². The number of hydrogen-bond acceptors (Lipinski definition) is 3. The van der Waals surface area contributed by atoms with Crippen molar-refractivity contribution in [3.63, 3.8) is 0 Å². The van der Waals surface area contributed by atoms with Crippen LogP contribution in [0.5, 0.6) is 0 Å². The molecule has 0 spiro atoms. The molecule has 0 saturated carbocycles. The maximum Gasteiger partial charge on any atom is 0.0372 e. The van der Waals surface area contributed by atoms with Gasteiger partial charge in [0.15, 0.2) is 0 Å². The molecule has 0 amide bonds. The van der Waals surface area contributed by atoms with Gasteiger partial charge >= 0.3 is 0 Å². The monoisotopic (exact) mass is 233 g/mol. The van der Waals surface area contributed by atoms with Crippen LogP contribution in [0.25, 0.3) is 0 Å². The normalized spacial score (nSPS) is 18.5. The molecule has 1 aliphatic rings. The summed E-state index contributed by atoms with van der Waals surface area (Å²) in [5.41, 5.74) is 2.43. The molecule has 0 aromatic carbocycles. The van der Waals surface area contributed by atoms with Gasteiger partial charge < -0.3 is 4.90 Å². The summed E-state index contributed by atoms with van der Waals surface area (Å²) in [4.78, 5) is 9.44. The van der Waals surface area contributed by atoms with E-state index in [4.69, 9.17) is 0 Å². The van der Waals surface area contributed by atoms with E-state index in [1.165, 1.54) is 44.7 Å². The fourth-order valence-corrected chi connectivity index (χ4v) is 2.34. The van der Waals surface area contributed by atoms with E-state index in [0.717, 1.165) is 12.2 Å². The summed E-state index contributed by atoms with van der Waals surface area (Å²) in [6, 6.07) is 4.30. The van der Waals surface area contributed by atoms with E-state index in [1.807, 2.05) is 13.1 Å². The van der Waals surface area contributed by atoms with Gasteiger partial charge in [0.05, 0.1) is 0 Å². The first-order valence-electron chi connectivity index (χ1n) is 6.64. The van der Waals surface area contributed by atoms with Gasteiger partial charge in [0.2, 0.25) is 0 Å². The summed E-state index contributed by atoms with van der Waals surface area (Å²) in [6.45, 7) is 11.4. The number of pyridine rings is 1. The van der Waals surface area contributed by atoms with Crippen molar-refractivity contribution >= 4 is 0 Å². The Hall–Kier alpha value is -0.930. The number of rotatable bonds is 4. The zero-order valence-electron chi connectivity index (χ0n) is 11.0. The van der Waals surface area contributed by atoms with E-state index in [0.29, 0.717) is 0 Å². The molecule has 1 saturated heterocycles. The maximum atomic E-state index is 4.35. The van der Waals surface area contributed by atoms with Crippen molar-refractivity contribution in [3.05, 3.63) is 29.6 Å². The first-order chi connectivity index (χ1) is 8.28. The molecule has 0 aliphatic carbocycles. The van der Waals surface area contributed by atoms with Gasteiger partial charge in [-0.15, -0.1) is 0 Å². The summed E-state index contributed by atoms with van der Waals surface area (Å²) in [6.07, 6.45) is 3.27. The molecule has 1 aromatic heterocycles. The highest BCUT2D eigenvalue weighted by atomic mass is 15.3. The lowest BCUT2D eigenvalue weighted by atomic mass is 10.2. The molecular formula is C14H23N3. The van der Waals surface area contributed by atoms with Gasteiger partial charge in [0.1, 0.15) is 0 Å². The van der Waals surface area contributed by atoms with Crippen molar-refractivity contribution < 1.29 is 0 Å². The van der Waals surface area contributed by atoms with Gasteiger partial charge in [-0.1, -0.05) is 13.0 Å². The Labute approximate surface area is 104 Å². The fraction of sp³-hybridized carbons (Fsp3) is 0.643. The van der Waals surface area contributed by atoms with Crippen LogP contribution in [0.2, 0.25) is 0 Å². The second-order valence-electron chi connectivity index (χ2n) is 4.93. The van der Waals surface area contributed by atoms with Crippen LogP contribution in [0.15, 0.2) is 18.3 Å². The van der Waals surface area contributed by atoms with Crippen molar-refractivity contribution in [2.75, 3.05) is 32.7 Å². The minimum Gasteiger partial charge on any atom is -0.301 e.